The van der Waals surface area contributed by atoms with E-state index >= 15 is 0 Å². The van der Waals surface area contributed by atoms with E-state index in [2.05, 4.69) is 29.6 Å². The van der Waals surface area contributed by atoms with Crippen molar-refractivity contribution in [2.75, 3.05) is 20.2 Å². The summed E-state index contributed by atoms with van der Waals surface area (Å²) < 4.78 is 5.24. The number of likely N-dealkylation sites (N-methyl/N-ethyl adjacent to an activating group) is 1. The molecule has 2 nitrogen and oxygen atoms in total. The van der Waals surface area contributed by atoms with E-state index in [1.165, 1.54) is 11.1 Å². The van der Waals surface area contributed by atoms with Gasteiger partial charge in [-0.25, -0.2) is 0 Å². The first-order chi connectivity index (χ1) is 6.40. The Morgan fingerprint density at radius 2 is 2.38 bits per heavy atom. The lowest BCUT2D eigenvalue weighted by Crippen LogP contribution is -2.10. The lowest BCUT2D eigenvalue weighted by molar-refractivity contribution is 0.415. The van der Waals surface area contributed by atoms with Gasteiger partial charge in [-0.05, 0) is 31.1 Å². The average Bonchev–Trinajstić information content (AvgIpc) is 2.98. The fourth-order valence-electron chi connectivity index (χ4n) is 1.46. The minimum atomic E-state index is 0.384. The Labute approximate surface area is 78.9 Å². The Bertz CT molecular complexity index is 281. The predicted octanol–water partition coefficient (Wildman–Crippen LogP) is 1.52. The van der Waals surface area contributed by atoms with Gasteiger partial charge in [-0.15, -0.1) is 0 Å². The zero-order valence-corrected chi connectivity index (χ0v) is 7.92. The maximum absolute atomic E-state index is 5.24. The zero-order valence-electron chi connectivity index (χ0n) is 7.92. The fourth-order valence-corrected chi connectivity index (χ4v) is 1.46. The molecule has 0 radical (unpaired) electrons. The molecule has 1 N–H and O–H groups in total. The van der Waals surface area contributed by atoms with Gasteiger partial charge in [0.25, 0.3) is 0 Å². The number of rotatable bonds is 4. The predicted molar refractivity (Wildman–Crippen MR) is 52.8 cm³/mol. The number of epoxide rings is 1. The Kier molecular flexibility index (Phi) is 2.62. The summed E-state index contributed by atoms with van der Waals surface area (Å²) in [6, 6.07) is 8.67. The van der Waals surface area contributed by atoms with Gasteiger partial charge in [-0.2, -0.15) is 0 Å². The topological polar surface area (TPSA) is 24.6 Å². The molecule has 1 unspecified atom stereocenters. The summed E-state index contributed by atoms with van der Waals surface area (Å²) >= 11 is 0. The number of ether oxygens (including phenoxy) is 1. The van der Waals surface area contributed by atoms with Crippen LogP contribution in [0.3, 0.4) is 0 Å². The van der Waals surface area contributed by atoms with Crippen molar-refractivity contribution in [3.63, 3.8) is 0 Å². The van der Waals surface area contributed by atoms with Crippen LogP contribution < -0.4 is 5.32 Å². The zero-order chi connectivity index (χ0) is 9.10. The largest absolute Gasteiger partial charge is 0.368 e. The molecule has 1 saturated heterocycles. The van der Waals surface area contributed by atoms with Crippen LogP contribution in [-0.2, 0) is 11.2 Å². The number of hydrogen-bond acceptors (Lipinski definition) is 2. The Morgan fingerprint density at radius 1 is 1.54 bits per heavy atom. The first-order valence-electron chi connectivity index (χ1n) is 4.75. The van der Waals surface area contributed by atoms with Gasteiger partial charge < -0.3 is 10.1 Å². The Morgan fingerprint density at radius 3 is 3.08 bits per heavy atom. The summed E-state index contributed by atoms with van der Waals surface area (Å²) in [6.45, 7) is 1.93. The van der Waals surface area contributed by atoms with Crippen LogP contribution in [0.4, 0.5) is 0 Å². The third-order valence-electron chi connectivity index (χ3n) is 2.32. The number of hydrogen-bond donors (Lipinski definition) is 1. The van der Waals surface area contributed by atoms with E-state index in [1.54, 1.807) is 0 Å². The van der Waals surface area contributed by atoms with Crippen molar-refractivity contribution >= 4 is 0 Å². The van der Waals surface area contributed by atoms with Gasteiger partial charge >= 0.3 is 0 Å². The van der Waals surface area contributed by atoms with E-state index in [-0.39, 0.29) is 0 Å². The molecule has 0 spiro atoms. The lowest BCUT2D eigenvalue weighted by Gasteiger charge is -2.02. The van der Waals surface area contributed by atoms with Crippen LogP contribution in [0.5, 0.6) is 0 Å². The maximum Gasteiger partial charge on any atom is 0.106 e. The van der Waals surface area contributed by atoms with Crippen LogP contribution in [0.25, 0.3) is 0 Å². The normalized spacial score (nSPS) is 20.2. The molecule has 0 aliphatic carbocycles. The molecule has 1 aliphatic rings. The molecule has 2 heteroatoms. The molecule has 0 bridgehead atoms. The van der Waals surface area contributed by atoms with Crippen LogP contribution in [0.1, 0.15) is 17.2 Å². The van der Waals surface area contributed by atoms with Gasteiger partial charge in [0.15, 0.2) is 0 Å². The van der Waals surface area contributed by atoms with E-state index in [4.69, 9.17) is 4.74 Å². The monoisotopic (exact) mass is 177 g/mol. The molecule has 0 saturated carbocycles. The highest BCUT2D eigenvalue weighted by Crippen LogP contribution is 2.29. The second-order valence-electron chi connectivity index (χ2n) is 3.42. The van der Waals surface area contributed by atoms with E-state index in [0.29, 0.717) is 6.10 Å². The summed E-state index contributed by atoms with van der Waals surface area (Å²) in [6.07, 6.45) is 1.48. The van der Waals surface area contributed by atoms with Crippen molar-refractivity contribution in [1.29, 1.82) is 0 Å². The highest BCUT2D eigenvalue weighted by atomic mass is 16.6. The molecule has 1 aromatic rings. The Balaban J connectivity index is 2.03. The smallest absolute Gasteiger partial charge is 0.106 e. The summed E-state index contributed by atoms with van der Waals surface area (Å²) in [5, 5.41) is 3.15. The first-order valence-corrected chi connectivity index (χ1v) is 4.75. The molecule has 2 rings (SSSR count). The molecule has 13 heavy (non-hydrogen) atoms. The van der Waals surface area contributed by atoms with Crippen molar-refractivity contribution in [2.24, 2.45) is 0 Å². The molecule has 1 heterocycles. The SMILES string of the molecule is CNCCc1cccc(C2CO2)c1. The van der Waals surface area contributed by atoms with Gasteiger partial charge in [0.05, 0.1) is 6.61 Å². The number of nitrogens with one attached hydrogen (secondary N) is 1. The van der Waals surface area contributed by atoms with Crippen molar-refractivity contribution in [3.8, 4) is 0 Å². The minimum absolute atomic E-state index is 0.384. The maximum atomic E-state index is 5.24. The van der Waals surface area contributed by atoms with Crippen LogP contribution in [0, 0.1) is 0 Å². The lowest BCUT2D eigenvalue weighted by atomic mass is 10.1. The molecule has 1 aromatic carbocycles. The van der Waals surface area contributed by atoms with Crippen LogP contribution in [-0.4, -0.2) is 20.2 Å². The molecule has 1 atom stereocenters. The van der Waals surface area contributed by atoms with Gasteiger partial charge in [-0.3, -0.25) is 0 Å². The molecular weight excluding hydrogens is 162 g/mol. The molecule has 0 amide bonds. The average molecular weight is 177 g/mol. The van der Waals surface area contributed by atoms with E-state index in [0.717, 1.165) is 19.6 Å². The van der Waals surface area contributed by atoms with Gasteiger partial charge in [0, 0.05) is 0 Å². The summed E-state index contributed by atoms with van der Waals surface area (Å²) in [5.41, 5.74) is 2.72. The van der Waals surface area contributed by atoms with Crippen LogP contribution in [0.2, 0.25) is 0 Å². The molecule has 70 valence electrons. The molecule has 1 aliphatic heterocycles. The Hall–Kier alpha value is -0.860. The van der Waals surface area contributed by atoms with E-state index in [1.807, 2.05) is 7.05 Å². The van der Waals surface area contributed by atoms with Crippen molar-refractivity contribution in [1.82, 2.24) is 5.32 Å². The highest BCUT2D eigenvalue weighted by Gasteiger charge is 2.24. The number of benzene rings is 1. The van der Waals surface area contributed by atoms with E-state index in [9.17, 15) is 0 Å². The molecule has 0 aromatic heterocycles. The summed E-state index contributed by atoms with van der Waals surface area (Å²) in [7, 11) is 1.98. The second kappa shape index (κ2) is 3.90. The third kappa shape index (κ3) is 2.29. The van der Waals surface area contributed by atoms with Gasteiger partial charge in [0.1, 0.15) is 6.10 Å². The van der Waals surface area contributed by atoms with Crippen molar-refractivity contribution in [2.45, 2.75) is 12.5 Å². The van der Waals surface area contributed by atoms with Crippen molar-refractivity contribution in [3.05, 3.63) is 35.4 Å². The van der Waals surface area contributed by atoms with Crippen molar-refractivity contribution < 1.29 is 4.74 Å². The first kappa shape index (κ1) is 8.73. The van der Waals surface area contributed by atoms with Gasteiger partial charge in [0.2, 0.25) is 0 Å². The quantitative estimate of drug-likeness (QED) is 0.705. The fraction of sp³-hybridized carbons (Fsp3) is 0.455. The standard InChI is InChI=1S/C11H15NO/c1-12-6-5-9-3-2-4-10(7-9)11-8-13-11/h2-4,7,11-12H,5-6,8H2,1H3. The van der Waals surface area contributed by atoms with Crippen LogP contribution >= 0.6 is 0 Å². The molecule has 1 fully saturated rings. The molecular formula is C11H15NO. The van der Waals surface area contributed by atoms with Gasteiger partial charge in [-0.1, -0.05) is 24.3 Å². The third-order valence-corrected chi connectivity index (χ3v) is 2.32. The highest BCUT2D eigenvalue weighted by molar-refractivity contribution is 5.27. The van der Waals surface area contributed by atoms with Crippen LogP contribution in [0.15, 0.2) is 24.3 Å². The minimum Gasteiger partial charge on any atom is -0.368 e. The second-order valence-corrected chi connectivity index (χ2v) is 3.42. The summed E-state index contributed by atoms with van der Waals surface area (Å²) in [5.74, 6) is 0. The van der Waals surface area contributed by atoms with E-state index < -0.39 is 0 Å². The summed E-state index contributed by atoms with van der Waals surface area (Å²) in [4.78, 5) is 0.